The summed E-state index contributed by atoms with van der Waals surface area (Å²) in [5, 5.41) is 9.54. The van der Waals surface area contributed by atoms with Gasteiger partial charge in [0.25, 0.3) is 0 Å². The predicted molar refractivity (Wildman–Crippen MR) is 125 cm³/mol. The van der Waals surface area contributed by atoms with Crippen molar-refractivity contribution < 1.29 is 14.3 Å². The van der Waals surface area contributed by atoms with Crippen LogP contribution in [-0.2, 0) is 0 Å². The second kappa shape index (κ2) is 9.28. The molecule has 0 spiro atoms. The number of carbonyl (C=O) groups is 1. The Bertz CT molecular complexity index is 1140. The number of halogens is 1. The maximum Gasteiger partial charge on any atom is 0.341 e. The summed E-state index contributed by atoms with van der Waals surface area (Å²) in [6.45, 7) is 8.06. The summed E-state index contributed by atoms with van der Waals surface area (Å²) in [5.41, 5.74) is 1.46. The predicted octanol–water partition coefficient (Wildman–Crippen LogP) is 4.21. The topological polar surface area (TPSA) is 65.8 Å². The SMILES string of the molecule is C/C=C\C(=C/CC)CN1CCN(c2cc3c(cc2F)c(=O)c(C(=O)O)cn3C2CC2)CC1. The molecule has 2 aromatic rings. The van der Waals surface area contributed by atoms with Crippen molar-refractivity contribution >= 4 is 22.6 Å². The first-order valence-electron chi connectivity index (χ1n) is 11.3. The van der Waals surface area contributed by atoms with Crippen LogP contribution in [-0.4, -0.2) is 53.3 Å². The van der Waals surface area contributed by atoms with Crippen LogP contribution >= 0.6 is 0 Å². The Hall–Kier alpha value is -2.93. The molecule has 1 saturated heterocycles. The highest BCUT2D eigenvalue weighted by molar-refractivity contribution is 5.93. The van der Waals surface area contributed by atoms with Gasteiger partial charge < -0.3 is 14.6 Å². The van der Waals surface area contributed by atoms with Crippen LogP contribution in [0.1, 0.15) is 49.5 Å². The highest BCUT2D eigenvalue weighted by Crippen LogP contribution is 2.38. The zero-order valence-electron chi connectivity index (χ0n) is 18.7. The van der Waals surface area contributed by atoms with E-state index in [4.69, 9.17) is 0 Å². The summed E-state index contributed by atoms with van der Waals surface area (Å²) in [7, 11) is 0. The Kier molecular flexibility index (Phi) is 6.46. The number of anilines is 1. The highest BCUT2D eigenvalue weighted by Gasteiger charge is 2.28. The third-order valence-corrected chi connectivity index (χ3v) is 6.24. The van der Waals surface area contributed by atoms with Crippen molar-refractivity contribution in [3.8, 4) is 0 Å². The molecule has 1 saturated carbocycles. The number of nitrogens with zero attached hydrogens (tertiary/aromatic N) is 3. The van der Waals surface area contributed by atoms with Crippen LogP contribution in [0.5, 0.6) is 0 Å². The number of allylic oxidation sites excluding steroid dienone is 2. The Balaban J connectivity index is 1.61. The molecule has 0 radical (unpaired) electrons. The molecule has 1 aromatic heterocycles. The average Bonchev–Trinajstić information content (AvgIpc) is 3.60. The molecule has 6 nitrogen and oxygen atoms in total. The Morgan fingerprint density at radius 2 is 1.94 bits per heavy atom. The third-order valence-electron chi connectivity index (χ3n) is 6.24. The summed E-state index contributed by atoms with van der Waals surface area (Å²) >= 11 is 0. The molecule has 1 N–H and O–H groups in total. The first-order valence-corrected chi connectivity index (χ1v) is 11.3. The van der Waals surface area contributed by atoms with Gasteiger partial charge in [0.05, 0.1) is 11.2 Å². The molecule has 7 heteroatoms. The number of fused-ring (bicyclic) bond motifs is 1. The van der Waals surface area contributed by atoms with Crippen LogP contribution in [0, 0.1) is 5.82 Å². The van der Waals surface area contributed by atoms with E-state index in [1.807, 2.05) is 16.4 Å². The van der Waals surface area contributed by atoms with Crippen molar-refractivity contribution in [2.24, 2.45) is 0 Å². The van der Waals surface area contributed by atoms with E-state index in [0.717, 1.165) is 38.9 Å². The minimum atomic E-state index is -1.28. The zero-order chi connectivity index (χ0) is 22.8. The summed E-state index contributed by atoms with van der Waals surface area (Å²) in [6, 6.07) is 3.12. The number of hydrogen-bond acceptors (Lipinski definition) is 4. The highest BCUT2D eigenvalue weighted by atomic mass is 19.1. The fourth-order valence-electron chi connectivity index (χ4n) is 4.47. The molecule has 32 heavy (non-hydrogen) atoms. The lowest BCUT2D eigenvalue weighted by molar-refractivity contribution is 0.0695. The molecule has 2 aliphatic rings. The summed E-state index contributed by atoms with van der Waals surface area (Å²) in [5.74, 6) is -1.75. The molecular weight excluding hydrogens is 409 g/mol. The van der Waals surface area contributed by atoms with Crippen LogP contribution in [0.4, 0.5) is 10.1 Å². The van der Waals surface area contributed by atoms with Gasteiger partial charge >= 0.3 is 5.97 Å². The molecule has 0 bridgehead atoms. The van der Waals surface area contributed by atoms with Crippen molar-refractivity contribution in [2.75, 3.05) is 37.6 Å². The number of carboxylic acid groups (broad SMARTS) is 1. The molecule has 0 amide bonds. The number of carboxylic acids is 1. The second-order valence-corrected chi connectivity index (χ2v) is 8.59. The molecule has 170 valence electrons. The van der Waals surface area contributed by atoms with Crippen molar-refractivity contribution in [3.05, 3.63) is 63.7 Å². The quantitative estimate of drug-likeness (QED) is 0.655. The number of hydrogen-bond donors (Lipinski definition) is 1. The van der Waals surface area contributed by atoms with Crippen LogP contribution in [0.2, 0.25) is 0 Å². The van der Waals surface area contributed by atoms with Gasteiger partial charge in [-0.25, -0.2) is 9.18 Å². The van der Waals surface area contributed by atoms with Crippen molar-refractivity contribution in [1.82, 2.24) is 9.47 Å². The molecule has 2 heterocycles. The van der Waals surface area contributed by atoms with Crippen molar-refractivity contribution in [2.45, 2.75) is 39.2 Å². The van der Waals surface area contributed by atoms with E-state index in [0.29, 0.717) is 24.3 Å². The normalized spacial score (nSPS) is 18.1. The monoisotopic (exact) mass is 439 g/mol. The first kappa shape index (κ1) is 22.3. The molecule has 4 rings (SSSR count). The van der Waals surface area contributed by atoms with E-state index < -0.39 is 17.2 Å². The Morgan fingerprint density at radius 3 is 2.53 bits per heavy atom. The smallest absolute Gasteiger partial charge is 0.341 e. The van der Waals surface area contributed by atoms with Crippen LogP contribution in [0.15, 0.2) is 46.9 Å². The molecule has 1 aliphatic heterocycles. The lowest BCUT2D eigenvalue weighted by Gasteiger charge is -2.36. The summed E-state index contributed by atoms with van der Waals surface area (Å²) in [6.07, 6.45) is 10.7. The number of aromatic carboxylic acids is 1. The zero-order valence-corrected chi connectivity index (χ0v) is 18.7. The van der Waals surface area contributed by atoms with Gasteiger partial charge in [0.15, 0.2) is 0 Å². The van der Waals surface area contributed by atoms with E-state index >= 15 is 4.39 Å². The number of pyridine rings is 1. The van der Waals surface area contributed by atoms with E-state index in [9.17, 15) is 14.7 Å². The van der Waals surface area contributed by atoms with Gasteiger partial charge in [-0.15, -0.1) is 0 Å². The average molecular weight is 440 g/mol. The van der Waals surface area contributed by atoms with E-state index in [-0.39, 0.29) is 17.0 Å². The molecule has 1 aliphatic carbocycles. The second-order valence-electron chi connectivity index (χ2n) is 8.59. The van der Waals surface area contributed by atoms with Gasteiger partial charge in [0.2, 0.25) is 5.43 Å². The fraction of sp³-hybridized carbons (Fsp3) is 0.440. The maximum absolute atomic E-state index is 15.1. The van der Waals surface area contributed by atoms with Crippen molar-refractivity contribution in [3.63, 3.8) is 0 Å². The van der Waals surface area contributed by atoms with Gasteiger partial charge in [-0.05, 0) is 43.9 Å². The molecule has 0 unspecified atom stereocenters. The Morgan fingerprint density at radius 1 is 1.22 bits per heavy atom. The Labute approximate surface area is 187 Å². The van der Waals surface area contributed by atoms with Crippen LogP contribution < -0.4 is 10.3 Å². The van der Waals surface area contributed by atoms with Crippen LogP contribution in [0.3, 0.4) is 0 Å². The van der Waals surface area contributed by atoms with Crippen LogP contribution in [0.25, 0.3) is 10.9 Å². The van der Waals surface area contributed by atoms with Gasteiger partial charge in [-0.1, -0.05) is 25.2 Å². The number of aromatic nitrogens is 1. The minimum absolute atomic E-state index is 0.136. The first-order chi connectivity index (χ1) is 15.4. The fourth-order valence-corrected chi connectivity index (χ4v) is 4.47. The van der Waals surface area contributed by atoms with Gasteiger partial charge in [-0.2, -0.15) is 0 Å². The molecule has 2 fully saturated rings. The van der Waals surface area contributed by atoms with E-state index in [1.54, 1.807) is 6.07 Å². The summed E-state index contributed by atoms with van der Waals surface area (Å²) < 4.78 is 16.9. The van der Waals surface area contributed by atoms with Crippen molar-refractivity contribution in [1.29, 1.82) is 0 Å². The van der Waals surface area contributed by atoms with Gasteiger partial charge in [0.1, 0.15) is 11.4 Å². The number of benzene rings is 1. The lowest BCUT2D eigenvalue weighted by Crippen LogP contribution is -2.47. The summed E-state index contributed by atoms with van der Waals surface area (Å²) in [4.78, 5) is 28.6. The lowest BCUT2D eigenvalue weighted by atomic mass is 10.1. The largest absolute Gasteiger partial charge is 0.477 e. The maximum atomic E-state index is 15.1. The molecular formula is C25H30FN3O3. The number of piperazine rings is 1. The van der Waals surface area contributed by atoms with Gasteiger partial charge in [-0.3, -0.25) is 9.69 Å². The molecule has 0 atom stereocenters. The molecule has 1 aromatic carbocycles. The third kappa shape index (κ3) is 4.48. The number of rotatable bonds is 7. The van der Waals surface area contributed by atoms with E-state index in [1.165, 1.54) is 17.8 Å². The minimum Gasteiger partial charge on any atom is -0.477 e. The van der Waals surface area contributed by atoms with E-state index in [2.05, 4.69) is 30.1 Å². The standard InChI is InChI=1S/C25H30FN3O3/c1-3-5-17(6-4-2)15-27-9-11-28(12-10-27)23-14-22-19(13-21(23)26)24(30)20(25(31)32)16-29(22)18-7-8-18/h3,5-6,13-14,16,18H,4,7-12,15H2,1-2H3,(H,31,32)/b5-3-,17-6+. The van der Waals surface area contributed by atoms with Gasteiger partial charge in [0, 0.05) is 50.3 Å².